The molecule has 0 bridgehead atoms. The smallest absolute Gasteiger partial charge is 0.362 e. The Morgan fingerprint density at radius 3 is 1.53 bits per heavy atom. The number of aliphatic carboxylic acids is 3. The van der Waals surface area contributed by atoms with Crippen LogP contribution in [0.4, 0.5) is 0 Å². The number of hydrogen-bond acceptors (Lipinski definition) is 4. The number of carbonyl (C=O) groups excluding carboxylic acids is 1. The molecule has 0 aliphatic carbocycles. The summed E-state index contributed by atoms with van der Waals surface area (Å²) < 4.78 is -0.550. The Bertz CT molecular complexity index is 539. The average molecular weight is 456 g/mol. The number of carboxylic acids is 3. The van der Waals surface area contributed by atoms with Crippen LogP contribution in [-0.4, -0.2) is 57.3 Å². The third-order valence-electron chi connectivity index (χ3n) is 6.78. The van der Waals surface area contributed by atoms with E-state index in [1.807, 2.05) is 0 Å². The fraction of sp³-hybridized carbons (Fsp3) is 0.800. The molecule has 0 rings (SSSR count). The zero-order valence-corrected chi connectivity index (χ0v) is 20.6. The number of carbonyl (C=O) groups is 3. The average Bonchev–Trinajstić information content (AvgIpc) is 2.75. The monoisotopic (exact) mass is 455 g/mol. The van der Waals surface area contributed by atoms with Crippen LogP contribution in [0.3, 0.4) is 0 Å². The van der Waals surface area contributed by atoms with E-state index < -0.39 is 40.5 Å². The van der Waals surface area contributed by atoms with Gasteiger partial charge in [-0.25, -0.2) is 9.59 Å². The Labute approximate surface area is 194 Å². The van der Waals surface area contributed by atoms with E-state index in [2.05, 4.69) is 19.1 Å². The minimum Gasteiger partial charge on any atom is -0.544 e. The summed E-state index contributed by atoms with van der Waals surface area (Å²) in [5, 5.41) is 30.8. The van der Waals surface area contributed by atoms with E-state index in [1.54, 1.807) is 0 Å². The van der Waals surface area contributed by atoms with Gasteiger partial charge in [0, 0.05) is 0 Å². The number of rotatable bonds is 20. The van der Waals surface area contributed by atoms with Gasteiger partial charge in [-0.1, -0.05) is 57.6 Å². The molecule has 0 amide bonds. The Balaban J connectivity index is 4.57. The fourth-order valence-corrected chi connectivity index (χ4v) is 4.47. The first-order valence-corrected chi connectivity index (χ1v) is 12.3. The highest BCUT2D eigenvalue weighted by Crippen LogP contribution is 2.27. The number of carboxylic acid groups (broad SMARTS) is 3. The largest absolute Gasteiger partial charge is 0.544 e. The summed E-state index contributed by atoms with van der Waals surface area (Å²) in [6.45, 7) is 6.51. The number of hydrogen-bond donors (Lipinski definition) is 2. The molecule has 2 N–H and O–H groups in total. The maximum absolute atomic E-state index is 11.7. The van der Waals surface area contributed by atoms with Gasteiger partial charge in [-0.2, -0.15) is 0 Å². The molecule has 0 aromatic rings. The molecule has 0 aromatic carbocycles. The van der Waals surface area contributed by atoms with Gasteiger partial charge in [-0.3, -0.25) is 4.48 Å². The van der Waals surface area contributed by atoms with E-state index in [-0.39, 0.29) is 6.54 Å². The summed E-state index contributed by atoms with van der Waals surface area (Å²) in [7, 11) is 0. The molecule has 0 saturated carbocycles. The molecule has 0 heterocycles. The fourth-order valence-electron chi connectivity index (χ4n) is 4.47. The van der Waals surface area contributed by atoms with Crippen molar-refractivity contribution >= 4 is 17.9 Å². The second kappa shape index (κ2) is 16.7. The molecular formula is C25H45NO6. The minimum absolute atomic E-state index is 0.171. The number of allylic oxidation sites excluding steroid dienone is 2. The van der Waals surface area contributed by atoms with Crippen molar-refractivity contribution in [2.75, 3.05) is 6.54 Å². The van der Waals surface area contributed by atoms with Crippen molar-refractivity contribution in [3.8, 4) is 0 Å². The van der Waals surface area contributed by atoms with Crippen LogP contribution in [0.1, 0.15) is 105 Å². The van der Waals surface area contributed by atoms with Crippen LogP contribution in [0.25, 0.3) is 0 Å². The molecule has 0 aliphatic heterocycles. The molecule has 0 aromatic heterocycles. The highest BCUT2D eigenvalue weighted by Gasteiger charge is 2.50. The maximum atomic E-state index is 11.7. The van der Waals surface area contributed by atoms with Crippen LogP contribution >= 0.6 is 0 Å². The van der Waals surface area contributed by atoms with Crippen molar-refractivity contribution in [2.45, 2.75) is 123 Å². The topological polar surface area (TPSA) is 115 Å². The zero-order valence-electron chi connectivity index (χ0n) is 20.6. The van der Waals surface area contributed by atoms with Gasteiger partial charge in [-0.15, -0.1) is 0 Å². The van der Waals surface area contributed by atoms with Gasteiger partial charge in [0.2, 0.25) is 0 Å². The van der Waals surface area contributed by atoms with E-state index in [0.29, 0.717) is 6.42 Å². The number of quaternary nitrogens is 1. The third kappa shape index (κ3) is 10.2. The highest BCUT2D eigenvalue weighted by atomic mass is 16.4. The van der Waals surface area contributed by atoms with E-state index in [0.717, 1.165) is 32.1 Å². The van der Waals surface area contributed by atoms with Gasteiger partial charge in [-0.05, 0) is 59.3 Å². The van der Waals surface area contributed by atoms with Gasteiger partial charge in [0.1, 0.15) is 6.04 Å². The molecule has 186 valence electrons. The summed E-state index contributed by atoms with van der Waals surface area (Å²) >= 11 is 0. The number of unbranched alkanes of at least 4 members (excludes halogenated alkanes) is 10. The molecule has 3 atom stereocenters. The molecule has 0 aliphatic rings. The van der Waals surface area contributed by atoms with Crippen LogP contribution in [0.2, 0.25) is 0 Å². The van der Waals surface area contributed by atoms with Crippen molar-refractivity contribution in [3.63, 3.8) is 0 Å². The van der Waals surface area contributed by atoms with Crippen LogP contribution in [0.15, 0.2) is 12.2 Å². The molecule has 0 saturated heterocycles. The highest BCUT2D eigenvalue weighted by molar-refractivity contribution is 5.76. The van der Waals surface area contributed by atoms with E-state index in [9.17, 15) is 29.7 Å². The Hall–Kier alpha value is -1.89. The molecule has 3 unspecified atom stereocenters. The lowest BCUT2D eigenvalue weighted by Crippen LogP contribution is -2.72. The first-order valence-electron chi connectivity index (χ1n) is 12.3. The lowest BCUT2D eigenvalue weighted by atomic mass is 10.00. The third-order valence-corrected chi connectivity index (χ3v) is 6.78. The zero-order chi connectivity index (χ0) is 24.6. The van der Waals surface area contributed by atoms with E-state index in [1.165, 1.54) is 59.3 Å². The summed E-state index contributed by atoms with van der Waals surface area (Å²) in [5.41, 5.74) is 0. The van der Waals surface area contributed by atoms with E-state index >= 15 is 0 Å². The molecule has 0 spiro atoms. The van der Waals surface area contributed by atoms with Gasteiger partial charge in [0.25, 0.3) is 0 Å². The second-order valence-electron chi connectivity index (χ2n) is 8.97. The molecule has 32 heavy (non-hydrogen) atoms. The Morgan fingerprint density at radius 2 is 1.12 bits per heavy atom. The van der Waals surface area contributed by atoms with Gasteiger partial charge < -0.3 is 20.1 Å². The van der Waals surface area contributed by atoms with Crippen molar-refractivity contribution in [1.29, 1.82) is 0 Å². The Morgan fingerprint density at radius 1 is 0.719 bits per heavy atom. The van der Waals surface area contributed by atoms with Crippen LogP contribution in [0, 0.1) is 0 Å². The van der Waals surface area contributed by atoms with Gasteiger partial charge in [0.05, 0.1) is 12.5 Å². The lowest BCUT2D eigenvalue weighted by Gasteiger charge is -2.49. The molecule has 0 fully saturated rings. The maximum Gasteiger partial charge on any atom is 0.362 e. The van der Waals surface area contributed by atoms with Crippen molar-refractivity contribution in [1.82, 2.24) is 0 Å². The standard InChI is InChI=1S/C25H45NO6/c1-5-6-7-8-9-10-11-12-13-14-15-16-17-18-19-26(20(2)23(27)28,21(3)24(29)30)22(4)25(31)32/h12-13,20-22H,5-11,14-19H2,1-4H3,(H2-,27,28,29,30,31,32)/b13-12+. The Kier molecular flexibility index (Phi) is 15.7. The summed E-state index contributed by atoms with van der Waals surface area (Å²) in [6.07, 6.45) is 17.6. The van der Waals surface area contributed by atoms with Crippen molar-refractivity contribution in [3.05, 3.63) is 12.2 Å². The predicted molar refractivity (Wildman–Crippen MR) is 124 cm³/mol. The van der Waals surface area contributed by atoms with E-state index in [4.69, 9.17) is 0 Å². The molecule has 0 radical (unpaired) electrons. The minimum atomic E-state index is -1.43. The van der Waals surface area contributed by atoms with Crippen LogP contribution in [-0.2, 0) is 14.4 Å². The summed E-state index contributed by atoms with van der Waals surface area (Å²) in [5.74, 6) is -3.84. The number of nitrogens with zero attached hydrogens (tertiary/aromatic N) is 1. The van der Waals surface area contributed by atoms with Crippen molar-refractivity contribution in [2.24, 2.45) is 0 Å². The van der Waals surface area contributed by atoms with Crippen LogP contribution < -0.4 is 5.11 Å². The molecule has 7 nitrogen and oxygen atoms in total. The van der Waals surface area contributed by atoms with Gasteiger partial charge in [0.15, 0.2) is 12.1 Å². The first kappa shape index (κ1) is 30.1. The second-order valence-corrected chi connectivity index (χ2v) is 8.97. The quantitative estimate of drug-likeness (QED) is 0.162. The normalized spacial score (nSPS) is 16.4. The first-order chi connectivity index (χ1) is 15.1. The van der Waals surface area contributed by atoms with Gasteiger partial charge >= 0.3 is 11.9 Å². The predicted octanol–water partition coefficient (Wildman–Crippen LogP) is 4.15. The SMILES string of the molecule is CCCCCCCC/C=C/CCCCCC[N+](C(C)C(=O)[O-])(C(C)C(=O)O)C(C)C(=O)O. The van der Waals surface area contributed by atoms with Crippen molar-refractivity contribution < 1.29 is 34.2 Å². The molecule has 7 heteroatoms. The molecular weight excluding hydrogens is 410 g/mol. The summed E-state index contributed by atoms with van der Waals surface area (Å²) in [4.78, 5) is 35.1. The lowest BCUT2D eigenvalue weighted by molar-refractivity contribution is -0.969. The summed E-state index contributed by atoms with van der Waals surface area (Å²) in [6, 6.07) is -3.57. The van der Waals surface area contributed by atoms with Crippen LogP contribution in [0.5, 0.6) is 0 Å².